The molecule has 2 aromatic heterocycles. The van der Waals surface area contributed by atoms with Crippen molar-refractivity contribution in [2.75, 3.05) is 23.3 Å². The zero-order chi connectivity index (χ0) is 20.1. The summed E-state index contributed by atoms with van der Waals surface area (Å²) in [5.74, 6) is 0.996. The zero-order valence-electron chi connectivity index (χ0n) is 16.6. The maximum absolute atomic E-state index is 12.7. The highest BCUT2D eigenvalue weighted by Crippen LogP contribution is 2.25. The van der Waals surface area contributed by atoms with Gasteiger partial charge in [0.25, 0.3) is 0 Å². The molecule has 0 bridgehead atoms. The van der Waals surface area contributed by atoms with Crippen molar-refractivity contribution in [3.05, 3.63) is 66.5 Å². The molecule has 0 radical (unpaired) electrons. The van der Waals surface area contributed by atoms with Crippen LogP contribution in [0.2, 0.25) is 0 Å². The molecule has 1 fully saturated rings. The minimum Gasteiger partial charge on any atom is -0.355 e. The Labute approximate surface area is 171 Å². The second-order valence-corrected chi connectivity index (χ2v) is 7.28. The first-order valence-corrected chi connectivity index (χ1v) is 10.1. The van der Waals surface area contributed by atoms with Gasteiger partial charge in [0.15, 0.2) is 5.82 Å². The molecule has 4 rings (SSSR count). The van der Waals surface area contributed by atoms with Gasteiger partial charge in [-0.1, -0.05) is 25.1 Å². The van der Waals surface area contributed by atoms with E-state index in [2.05, 4.69) is 38.4 Å². The quantitative estimate of drug-likeness (QED) is 0.718. The van der Waals surface area contributed by atoms with Gasteiger partial charge in [-0.2, -0.15) is 0 Å². The van der Waals surface area contributed by atoms with E-state index < -0.39 is 0 Å². The monoisotopic (exact) mass is 387 g/mol. The number of aromatic nitrogens is 3. The maximum atomic E-state index is 12.7. The number of amides is 1. The molecule has 0 unspecified atom stereocenters. The molecule has 29 heavy (non-hydrogen) atoms. The summed E-state index contributed by atoms with van der Waals surface area (Å²) in [6.07, 6.45) is 6.05. The summed E-state index contributed by atoms with van der Waals surface area (Å²) in [6, 6.07) is 15.8. The van der Waals surface area contributed by atoms with Crippen LogP contribution in [0.25, 0.3) is 11.3 Å². The number of pyridine rings is 1. The van der Waals surface area contributed by atoms with E-state index in [1.54, 1.807) is 12.4 Å². The molecule has 1 aliphatic rings. The van der Waals surface area contributed by atoms with Crippen LogP contribution in [-0.2, 0) is 11.2 Å². The van der Waals surface area contributed by atoms with Crippen molar-refractivity contribution >= 4 is 17.4 Å². The van der Waals surface area contributed by atoms with Crippen LogP contribution in [0.4, 0.5) is 11.5 Å². The average molecular weight is 387 g/mol. The highest BCUT2D eigenvalue weighted by molar-refractivity contribution is 5.93. The zero-order valence-corrected chi connectivity index (χ0v) is 16.6. The third kappa shape index (κ3) is 4.42. The van der Waals surface area contributed by atoms with Crippen LogP contribution in [0, 0.1) is 5.92 Å². The van der Waals surface area contributed by atoms with Crippen molar-refractivity contribution < 1.29 is 4.79 Å². The van der Waals surface area contributed by atoms with Gasteiger partial charge < -0.3 is 10.2 Å². The van der Waals surface area contributed by atoms with E-state index in [4.69, 9.17) is 0 Å². The van der Waals surface area contributed by atoms with Crippen molar-refractivity contribution in [1.82, 2.24) is 15.2 Å². The Balaban J connectivity index is 1.35. The number of benzene rings is 1. The normalized spacial score (nSPS) is 14.6. The third-order valence-corrected chi connectivity index (χ3v) is 5.45. The topological polar surface area (TPSA) is 71.0 Å². The van der Waals surface area contributed by atoms with Crippen LogP contribution < -0.4 is 10.2 Å². The largest absolute Gasteiger partial charge is 0.355 e. The van der Waals surface area contributed by atoms with E-state index >= 15 is 0 Å². The first kappa shape index (κ1) is 19.1. The summed E-state index contributed by atoms with van der Waals surface area (Å²) in [4.78, 5) is 19.0. The highest BCUT2D eigenvalue weighted by Gasteiger charge is 2.26. The summed E-state index contributed by atoms with van der Waals surface area (Å²) in [5.41, 5.74) is 3.86. The van der Waals surface area contributed by atoms with E-state index in [1.165, 1.54) is 5.56 Å². The molecule has 6 nitrogen and oxygen atoms in total. The van der Waals surface area contributed by atoms with E-state index in [9.17, 15) is 4.79 Å². The lowest BCUT2D eigenvalue weighted by atomic mass is 9.95. The van der Waals surface area contributed by atoms with Gasteiger partial charge in [0, 0.05) is 42.7 Å². The molecule has 3 aromatic rings. The Morgan fingerprint density at radius 2 is 1.90 bits per heavy atom. The van der Waals surface area contributed by atoms with Crippen LogP contribution in [0.3, 0.4) is 0 Å². The van der Waals surface area contributed by atoms with Crippen LogP contribution in [0.1, 0.15) is 25.3 Å². The number of nitrogens with one attached hydrogen (secondary N) is 1. The predicted molar refractivity (Wildman–Crippen MR) is 115 cm³/mol. The molecule has 1 amide bonds. The van der Waals surface area contributed by atoms with Crippen molar-refractivity contribution in [3.8, 4) is 11.3 Å². The fraction of sp³-hybridized carbons (Fsp3) is 0.304. The van der Waals surface area contributed by atoms with E-state index in [1.807, 2.05) is 42.5 Å². The standard InChI is InChI=1S/C23H25N5O/c1-2-17-6-3-4-8-20(17)25-23(29)18-11-14-28(15-12-18)22-10-9-21(26-27-22)19-7-5-13-24-16-19/h3-10,13,16,18H,2,11-12,14-15H2,1H3,(H,25,29). The van der Waals surface area contributed by atoms with Crippen molar-refractivity contribution in [3.63, 3.8) is 0 Å². The third-order valence-electron chi connectivity index (χ3n) is 5.45. The summed E-state index contributed by atoms with van der Waals surface area (Å²) in [6.45, 7) is 3.70. The fourth-order valence-corrected chi connectivity index (χ4v) is 3.72. The Morgan fingerprint density at radius 3 is 2.59 bits per heavy atom. The van der Waals surface area contributed by atoms with Crippen molar-refractivity contribution in [1.29, 1.82) is 0 Å². The van der Waals surface area contributed by atoms with Gasteiger partial charge >= 0.3 is 0 Å². The highest BCUT2D eigenvalue weighted by atomic mass is 16.1. The van der Waals surface area contributed by atoms with E-state index in [-0.39, 0.29) is 11.8 Å². The first-order chi connectivity index (χ1) is 14.2. The average Bonchev–Trinajstić information content (AvgIpc) is 2.80. The molecule has 3 heterocycles. The van der Waals surface area contributed by atoms with Gasteiger partial charge in [0.1, 0.15) is 0 Å². The molecule has 0 spiro atoms. The summed E-state index contributed by atoms with van der Waals surface area (Å²) in [5, 5.41) is 11.8. The van der Waals surface area contributed by atoms with Gasteiger partial charge in [0.05, 0.1) is 5.69 Å². The van der Waals surface area contributed by atoms with Gasteiger partial charge in [0.2, 0.25) is 5.91 Å². The number of hydrogen-bond donors (Lipinski definition) is 1. The van der Waals surface area contributed by atoms with Gasteiger partial charge in [-0.15, -0.1) is 10.2 Å². The lowest BCUT2D eigenvalue weighted by Crippen LogP contribution is -2.38. The number of carbonyl (C=O) groups is 1. The van der Waals surface area contributed by atoms with Crippen LogP contribution in [0.5, 0.6) is 0 Å². The number of carbonyl (C=O) groups excluding carboxylic acids is 1. The van der Waals surface area contributed by atoms with E-state index in [0.717, 1.165) is 55.1 Å². The Bertz CT molecular complexity index is 951. The molecule has 0 atom stereocenters. The molecule has 0 aliphatic carbocycles. The Hall–Kier alpha value is -3.28. The number of hydrogen-bond acceptors (Lipinski definition) is 5. The molecule has 148 valence electrons. The van der Waals surface area contributed by atoms with Crippen molar-refractivity contribution in [2.24, 2.45) is 5.92 Å². The summed E-state index contributed by atoms with van der Waals surface area (Å²) >= 11 is 0. The lowest BCUT2D eigenvalue weighted by molar-refractivity contribution is -0.120. The molecule has 1 saturated heterocycles. The first-order valence-electron chi connectivity index (χ1n) is 10.1. The molecular weight excluding hydrogens is 362 g/mol. The predicted octanol–water partition coefficient (Wildman–Crippen LogP) is 3.96. The van der Waals surface area contributed by atoms with Crippen LogP contribution in [0.15, 0.2) is 60.9 Å². The number of aryl methyl sites for hydroxylation is 1. The van der Waals surface area contributed by atoms with Gasteiger partial charge in [-0.3, -0.25) is 9.78 Å². The molecule has 6 heteroatoms. The maximum Gasteiger partial charge on any atom is 0.227 e. The number of anilines is 2. The molecular formula is C23H25N5O. The molecule has 1 aromatic carbocycles. The fourth-order valence-electron chi connectivity index (χ4n) is 3.72. The summed E-state index contributed by atoms with van der Waals surface area (Å²) < 4.78 is 0. The lowest BCUT2D eigenvalue weighted by Gasteiger charge is -2.32. The number of rotatable bonds is 5. The SMILES string of the molecule is CCc1ccccc1NC(=O)C1CCN(c2ccc(-c3cccnc3)nn2)CC1. The van der Waals surface area contributed by atoms with Crippen LogP contribution >= 0.6 is 0 Å². The number of piperidine rings is 1. The Kier molecular flexibility index (Phi) is 5.79. The molecule has 1 aliphatic heterocycles. The molecule has 1 N–H and O–H groups in total. The number of nitrogens with zero attached hydrogens (tertiary/aromatic N) is 4. The van der Waals surface area contributed by atoms with Gasteiger partial charge in [-0.05, 0) is 55.2 Å². The van der Waals surface area contributed by atoms with Crippen LogP contribution in [-0.4, -0.2) is 34.2 Å². The van der Waals surface area contributed by atoms with Crippen molar-refractivity contribution in [2.45, 2.75) is 26.2 Å². The summed E-state index contributed by atoms with van der Waals surface area (Å²) in [7, 11) is 0. The second kappa shape index (κ2) is 8.82. The minimum atomic E-state index is 0.0267. The number of para-hydroxylation sites is 1. The minimum absolute atomic E-state index is 0.0267. The second-order valence-electron chi connectivity index (χ2n) is 7.28. The van der Waals surface area contributed by atoms with E-state index in [0.29, 0.717) is 0 Å². The Morgan fingerprint density at radius 1 is 1.07 bits per heavy atom. The van der Waals surface area contributed by atoms with Gasteiger partial charge in [-0.25, -0.2) is 0 Å². The smallest absolute Gasteiger partial charge is 0.227 e. The molecule has 0 saturated carbocycles.